The number of hydrogen-bond donors (Lipinski definition) is 5. The molecule has 30 heavy (non-hydrogen) atoms. The molecule has 0 saturated carbocycles. The van der Waals surface area contributed by atoms with Crippen LogP contribution in [0.5, 0.6) is 0 Å². The first-order valence-electron chi connectivity index (χ1n) is 9.25. The molecule has 166 valence electrons. The molecule has 5 N–H and O–H groups in total. The van der Waals surface area contributed by atoms with Crippen molar-refractivity contribution in [1.29, 1.82) is 0 Å². The number of nitrogens with one attached hydrogen (secondary N) is 4. The molecule has 2 atom stereocenters. The van der Waals surface area contributed by atoms with Crippen LogP contribution in [0.3, 0.4) is 0 Å². The number of β-amino-alcohol motifs (C(OH)–C–C–N with tert-alkyl or cyclic N) is 1. The zero-order valence-electron chi connectivity index (χ0n) is 15.8. The second-order valence-corrected chi connectivity index (χ2v) is 9.80. The zero-order chi connectivity index (χ0) is 21.7. The zero-order valence-corrected chi connectivity index (χ0v) is 18.2. The van der Waals surface area contributed by atoms with E-state index < -0.39 is 25.9 Å². The smallest absolute Gasteiger partial charge is 0.266 e. The molecule has 1 aromatic carbocycles. The van der Waals surface area contributed by atoms with E-state index in [0.29, 0.717) is 24.4 Å². The van der Waals surface area contributed by atoms with Gasteiger partial charge in [0.2, 0.25) is 0 Å². The maximum Gasteiger partial charge on any atom is 0.266 e. The molecule has 1 saturated heterocycles. The number of aliphatic hydroxyl groups is 1. The van der Waals surface area contributed by atoms with Crippen LogP contribution in [0, 0.1) is 10.9 Å². The summed E-state index contributed by atoms with van der Waals surface area (Å²) in [6.07, 6.45) is 2.07. The Kier molecular flexibility index (Phi) is 7.82. The summed E-state index contributed by atoms with van der Waals surface area (Å²) >= 11 is 6.60. The minimum Gasteiger partial charge on any atom is -0.390 e. The van der Waals surface area contributed by atoms with Crippen molar-refractivity contribution in [1.82, 2.24) is 15.6 Å². The van der Waals surface area contributed by atoms with Crippen molar-refractivity contribution in [2.24, 2.45) is 0 Å². The van der Waals surface area contributed by atoms with Gasteiger partial charge in [0, 0.05) is 25.7 Å². The molecule has 1 fully saturated rings. The molecule has 8 nitrogen and oxygen atoms in total. The molecular formula is C17H22ClF2N5O3S2. The molecule has 2 heterocycles. The van der Waals surface area contributed by atoms with Gasteiger partial charge < -0.3 is 21.1 Å². The fraction of sp³-hybridized carbons (Fsp3) is 0.471. The Morgan fingerprint density at radius 2 is 2.03 bits per heavy atom. The molecule has 1 aromatic heterocycles. The van der Waals surface area contributed by atoms with Crippen molar-refractivity contribution < 1.29 is 22.3 Å². The monoisotopic (exact) mass is 481 g/mol. The summed E-state index contributed by atoms with van der Waals surface area (Å²) in [7, 11) is -4.30. The average molecular weight is 482 g/mol. The van der Waals surface area contributed by atoms with Crippen molar-refractivity contribution in [3.8, 4) is 0 Å². The van der Waals surface area contributed by atoms with Crippen molar-refractivity contribution in [3.05, 3.63) is 34.3 Å². The van der Waals surface area contributed by atoms with Gasteiger partial charge in [-0.1, -0.05) is 22.9 Å². The largest absolute Gasteiger partial charge is 0.390 e. The summed E-state index contributed by atoms with van der Waals surface area (Å²) in [5.74, 6) is -0.990. The Balaban J connectivity index is 1.51. The third kappa shape index (κ3) is 5.99. The van der Waals surface area contributed by atoms with Gasteiger partial charge in [0.05, 0.1) is 23.0 Å². The maximum atomic E-state index is 14.4. The number of sulfonamides is 1. The Morgan fingerprint density at radius 3 is 2.70 bits per heavy atom. The van der Waals surface area contributed by atoms with Crippen LogP contribution in [0.4, 0.5) is 19.6 Å². The number of benzene rings is 1. The topological polar surface area (TPSA) is 115 Å². The molecular weight excluding hydrogens is 460 g/mol. The van der Waals surface area contributed by atoms with E-state index in [0.717, 1.165) is 44.3 Å². The first-order valence-corrected chi connectivity index (χ1v) is 11.9. The van der Waals surface area contributed by atoms with Gasteiger partial charge in [0.15, 0.2) is 10.3 Å². The van der Waals surface area contributed by atoms with E-state index in [4.69, 9.17) is 11.6 Å². The van der Waals surface area contributed by atoms with Gasteiger partial charge in [0.25, 0.3) is 10.0 Å². The predicted molar refractivity (Wildman–Crippen MR) is 113 cm³/mol. The normalized spacial score (nSPS) is 19.2. The van der Waals surface area contributed by atoms with E-state index in [2.05, 4.69) is 20.9 Å². The van der Waals surface area contributed by atoms with Gasteiger partial charge in [0.1, 0.15) is 10.7 Å². The Morgan fingerprint density at radius 1 is 1.27 bits per heavy atom. The van der Waals surface area contributed by atoms with E-state index in [9.17, 15) is 22.3 Å². The average Bonchev–Trinajstić information content (AvgIpc) is 3.27. The van der Waals surface area contributed by atoms with Gasteiger partial charge in [-0.2, -0.15) is 4.39 Å². The molecule has 13 heteroatoms. The highest BCUT2D eigenvalue weighted by molar-refractivity contribution is 7.93. The summed E-state index contributed by atoms with van der Waals surface area (Å²) in [6, 6.07) is 2.06. The van der Waals surface area contributed by atoms with Crippen molar-refractivity contribution in [2.45, 2.75) is 29.9 Å². The first kappa shape index (κ1) is 23.1. The van der Waals surface area contributed by atoms with E-state index in [1.807, 2.05) is 4.72 Å². The first-order chi connectivity index (χ1) is 14.3. The molecule has 0 aliphatic carbocycles. The van der Waals surface area contributed by atoms with Gasteiger partial charge in [-0.05, 0) is 31.5 Å². The second-order valence-electron chi connectivity index (χ2n) is 6.76. The van der Waals surface area contributed by atoms with Gasteiger partial charge in [-0.15, -0.1) is 0 Å². The van der Waals surface area contributed by atoms with E-state index >= 15 is 0 Å². The predicted octanol–water partition coefficient (Wildman–Crippen LogP) is 1.99. The number of aromatic nitrogens is 1. The van der Waals surface area contributed by atoms with Gasteiger partial charge >= 0.3 is 0 Å². The number of halogens is 3. The van der Waals surface area contributed by atoms with Crippen LogP contribution in [0.25, 0.3) is 0 Å². The standard InChI is InChI=1S/C17H22ClF2N5O3S2/c18-10-5-15(30(27,28)25-17-24-9-16(20)29-17)11(19)6-12(10)22-3-1-2-4-23-13-7-21-8-14(13)26/h5-6,9,13-14,21-23,26H,1-4,7-8H2,(H,24,25)/t13-,14-/m1/s1. The van der Waals surface area contributed by atoms with Crippen LogP contribution in [0.15, 0.2) is 23.2 Å². The number of anilines is 2. The van der Waals surface area contributed by atoms with Crippen LogP contribution in [0.1, 0.15) is 12.8 Å². The summed E-state index contributed by atoms with van der Waals surface area (Å²) in [6.45, 7) is 2.56. The third-order valence-electron chi connectivity index (χ3n) is 4.52. The highest BCUT2D eigenvalue weighted by Crippen LogP contribution is 2.29. The SMILES string of the molecule is O=S(=O)(Nc1ncc(F)s1)c1cc(Cl)c(NCCCCN[C@@H]2CNC[C@H]2O)cc1F. The second kappa shape index (κ2) is 10.2. The van der Waals surface area contributed by atoms with Crippen molar-refractivity contribution in [3.63, 3.8) is 0 Å². The molecule has 2 aromatic rings. The number of hydrogen-bond acceptors (Lipinski definition) is 8. The quantitative estimate of drug-likeness (QED) is 0.330. The maximum absolute atomic E-state index is 14.4. The van der Waals surface area contributed by atoms with Crippen molar-refractivity contribution in [2.75, 3.05) is 36.2 Å². The number of thiazole rings is 1. The van der Waals surface area contributed by atoms with Crippen LogP contribution < -0.4 is 20.7 Å². The molecule has 3 rings (SSSR count). The molecule has 0 unspecified atom stereocenters. The lowest BCUT2D eigenvalue weighted by Gasteiger charge is -2.15. The molecule has 0 radical (unpaired) electrons. The summed E-state index contributed by atoms with van der Waals surface area (Å²) in [4.78, 5) is 2.90. The van der Waals surface area contributed by atoms with Crippen LogP contribution in [0.2, 0.25) is 5.02 Å². The van der Waals surface area contributed by atoms with E-state index in [1.165, 1.54) is 0 Å². The number of aliphatic hydroxyl groups excluding tert-OH is 1. The molecule has 0 bridgehead atoms. The molecule has 1 aliphatic rings. The fourth-order valence-corrected chi connectivity index (χ4v) is 5.14. The molecule has 1 aliphatic heterocycles. The van der Waals surface area contributed by atoms with Crippen LogP contribution in [-0.4, -0.2) is 56.8 Å². The number of nitrogens with zero attached hydrogens (tertiary/aromatic N) is 1. The fourth-order valence-electron chi connectivity index (χ4n) is 2.98. The van der Waals surface area contributed by atoms with Crippen LogP contribution in [-0.2, 0) is 10.0 Å². The lowest BCUT2D eigenvalue weighted by Crippen LogP contribution is -2.39. The highest BCUT2D eigenvalue weighted by Gasteiger charge is 2.24. The van der Waals surface area contributed by atoms with E-state index in [1.54, 1.807) is 0 Å². The van der Waals surface area contributed by atoms with E-state index in [-0.39, 0.29) is 28.0 Å². The van der Waals surface area contributed by atoms with Crippen molar-refractivity contribution >= 4 is 43.8 Å². The highest BCUT2D eigenvalue weighted by atomic mass is 35.5. The minimum atomic E-state index is -4.30. The Hall–Kier alpha value is -1.57. The summed E-state index contributed by atoms with van der Waals surface area (Å²) in [5, 5.41) is 18.2. The lowest BCUT2D eigenvalue weighted by molar-refractivity contribution is 0.163. The minimum absolute atomic E-state index is 0.0420. The Bertz CT molecular complexity index is 976. The number of unbranched alkanes of at least 4 members (excludes halogenated alkanes) is 1. The summed E-state index contributed by atoms with van der Waals surface area (Å²) in [5.41, 5.74) is 0.275. The third-order valence-corrected chi connectivity index (χ3v) is 7.02. The molecule has 0 spiro atoms. The number of rotatable bonds is 10. The summed E-state index contributed by atoms with van der Waals surface area (Å²) < 4.78 is 54.1. The molecule has 0 amide bonds. The Labute approximate surface area is 182 Å². The van der Waals surface area contributed by atoms with Gasteiger partial charge in [-0.3, -0.25) is 4.72 Å². The lowest BCUT2D eigenvalue weighted by atomic mass is 10.2. The van der Waals surface area contributed by atoms with Crippen LogP contribution >= 0.6 is 22.9 Å². The van der Waals surface area contributed by atoms with Gasteiger partial charge in [-0.25, -0.2) is 17.8 Å².